The zero-order valence-electron chi connectivity index (χ0n) is 11.4. The number of fused-ring (bicyclic) bond motifs is 1. The van der Waals surface area contributed by atoms with Crippen LogP contribution in [0.3, 0.4) is 0 Å². The Bertz CT molecular complexity index is 776. The van der Waals surface area contributed by atoms with E-state index in [0.717, 1.165) is 6.20 Å². The first kappa shape index (κ1) is 13.4. The number of carbonyl (C=O) groups excluding carboxylic acids is 2. The highest BCUT2D eigenvalue weighted by atomic mass is 19.1. The molecular weight excluding hydrogens is 269 g/mol. The summed E-state index contributed by atoms with van der Waals surface area (Å²) in [6.07, 6.45) is 1.33. The molecule has 21 heavy (non-hydrogen) atoms. The lowest BCUT2D eigenvalue weighted by atomic mass is 9.83. The van der Waals surface area contributed by atoms with Crippen molar-refractivity contribution in [2.24, 2.45) is 0 Å². The summed E-state index contributed by atoms with van der Waals surface area (Å²) < 4.78 is 12.9. The van der Waals surface area contributed by atoms with E-state index in [2.05, 4.69) is 4.98 Å². The highest BCUT2D eigenvalue weighted by Crippen LogP contribution is 2.27. The molecule has 2 aromatic rings. The van der Waals surface area contributed by atoms with Gasteiger partial charge in [0.1, 0.15) is 5.82 Å². The van der Waals surface area contributed by atoms with Crippen LogP contribution in [-0.4, -0.2) is 16.6 Å². The Hall–Kier alpha value is -2.62. The Balaban J connectivity index is 2.02. The summed E-state index contributed by atoms with van der Waals surface area (Å²) in [5, 5.41) is 0. The molecule has 1 aromatic carbocycles. The Labute approximate surface area is 121 Å². The summed E-state index contributed by atoms with van der Waals surface area (Å²) in [6, 6.07) is 9.60. The normalized spacial score (nSPS) is 14.4. The Kier molecular flexibility index (Phi) is 3.22. The predicted molar refractivity (Wildman–Crippen MR) is 75.7 cm³/mol. The number of nitrogens with zero attached hydrogens (tertiary/aromatic N) is 1. The standard InChI is InChI=1S/C17H12FNO2/c1-10-15(8-12-7-6-11(18)9-19-12)17(21)14-5-3-2-4-13(14)16(10)20/h2-7,9H,8H2,1H3. The van der Waals surface area contributed by atoms with Gasteiger partial charge in [-0.15, -0.1) is 0 Å². The molecular formula is C17H12FNO2. The fourth-order valence-electron chi connectivity index (χ4n) is 2.46. The molecule has 0 spiro atoms. The molecule has 0 saturated carbocycles. The lowest BCUT2D eigenvalue weighted by Crippen LogP contribution is -2.22. The lowest BCUT2D eigenvalue weighted by molar-refractivity contribution is 0.0973. The number of carbonyl (C=O) groups is 2. The molecule has 0 fully saturated rings. The minimum Gasteiger partial charge on any atom is -0.289 e. The van der Waals surface area contributed by atoms with Gasteiger partial charge in [-0.25, -0.2) is 4.39 Å². The van der Waals surface area contributed by atoms with Crippen molar-refractivity contribution in [1.82, 2.24) is 4.98 Å². The maximum Gasteiger partial charge on any atom is 0.190 e. The van der Waals surface area contributed by atoms with Gasteiger partial charge in [0.15, 0.2) is 11.6 Å². The number of hydrogen-bond acceptors (Lipinski definition) is 3. The van der Waals surface area contributed by atoms with Crippen molar-refractivity contribution < 1.29 is 14.0 Å². The second-order valence-electron chi connectivity index (χ2n) is 4.95. The third kappa shape index (κ3) is 2.29. The number of rotatable bonds is 2. The van der Waals surface area contributed by atoms with Crippen LogP contribution < -0.4 is 0 Å². The molecule has 0 aliphatic heterocycles. The van der Waals surface area contributed by atoms with E-state index in [-0.39, 0.29) is 18.0 Å². The van der Waals surface area contributed by atoms with Gasteiger partial charge in [0, 0.05) is 34.4 Å². The molecule has 1 aliphatic carbocycles. The number of pyridine rings is 1. The number of benzene rings is 1. The van der Waals surface area contributed by atoms with E-state index in [1.54, 1.807) is 31.2 Å². The highest BCUT2D eigenvalue weighted by molar-refractivity contribution is 6.26. The Morgan fingerprint density at radius 1 is 1.00 bits per heavy atom. The van der Waals surface area contributed by atoms with Crippen LogP contribution in [-0.2, 0) is 6.42 Å². The van der Waals surface area contributed by atoms with Crippen LogP contribution in [0, 0.1) is 5.82 Å². The molecule has 0 saturated heterocycles. The summed E-state index contributed by atoms with van der Waals surface area (Å²) in [6.45, 7) is 1.65. The van der Waals surface area contributed by atoms with Crippen LogP contribution in [0.5, 0.6) is 0 Å². The number of Topliss-reactive ketones (excluding diaryl/α,β-unsaturated/α-hetero) is 2. The van der Waals surface area contributed by atoms with Gasteiger partial charge >= 0.3 is 0 Å². The van der Waals surface area contributed by atoms with Gasteiger partial charge in [0.05, 0.1) is 6.20 Å². The van der Waals surface area contributed by atoms with E-state index < -0.39 is 5.82 Å². The van der Waals surface area contributed by atoms with E-state index in [1.165, 1.54) is 12.1 Å². The van der Waals surface area contributed by atoms with Crippen molar-refractivity contribution in [3.8, 4) is 0 Å². The summed E-state index contributed by atoms with van der Waals surface area (Å²) in [7, 11) is 0. The van der Waals surface area contributed by atoms with E-state index in [9.17, 15) is 14.0 Å². The Morgan fingerprint density at radius 2 is 1.67 bits per heavy atom. The van der Waals surface area contributed by atoms with Crippen molar-refractivity contribution in [2.45, 2.75) is 13.3 Å². The van der Waals surface area contributed by atoms with Gasteiger partial charge in [-0.2, -0.15) is 0 Å². The van der Waals surface area contributed by atoms with E-state index in [1.807, 2.05) is 0 Å². The minimum atomic E-state index is -0.430. The molecule has 0 amide bonds. The molecule has 1 aromatic heterocycles. The lowest BCUT2D eigenvalue weighted by Gasteiger charge is -2.18. The molecule has 0 radical (unpaired) electrons. The number of hydrogen-bond donors (Lipinski definition) is 0. The molecule has 0 atom stereocenters. The summed E-state index contributed by atoms with van der Waals surface area (Å²) in [5.41, 5.74) is 2.29. The molecule has 4 heteroatoms. The van der Waals surface area contributed by atoms with Crippen LogP contribution in [0.4, 0.5) is 4.39 Å². The number of ketones is 2. The molecule has 0 N–H and O–H groups in total. The summed E-state index contributed by atoms with van der Waals surface area (Å²) >= 11 is 0. The second-order valence-corrected chi connectivity index (χ2v) is 4.95. The van der Waals surface area contributed by atoms with Crippen molar-refractivity contribution in [1.29, 1.82) is 0 Å². The summed E-state index contributed by atoms with van der Waals surface area (Å²) in [5.74, 6) is -0.725. The molecule has 3 nitrogen and oxygen atoms in total. The van der Waals surface area contributed by atoms with Gasteiger partial charge in [-0.3, -0.25) is 14.6 Å². The summed E-state index contributed by atoms with van der Waals surface area (Å²) in [4.78, 5) is 28.8. The Morgan fingerprint density at radius 3 is 2.29 bits per heavy atom. The number of aromatic nitrogens is 1. The first-order valence-electron chi connectivity index (χ1n) is 6.56. The van der Waals surface area contributed by atoms with E-state index >= 15 is 0 Å². The first-order valence-corrected chi connectivity index (χ1v) is 6.56. The molecule has 0 bridgehead atoms. The smallest absolute Gasteiger partial charge is 0.190 e. The quantitative estimate of drug-likeness (QED) is 0.849. The van der Waals surface area contributed by atoms with Gasteiger partial charge in [0.2, 0.25) is 0 Å². The van der Waals surface area contributed by atoms with Gasteiger partial charge in [-0.1, -0.05) is 24.3 Å². The van der Waals surface area contributed by atoms with E-state index in [0.29, 0.717) is 28.0 Å². The van der Waals surface area contributed by atoms with E-state index in [4.69, 9.17) is 0 Å². The van der Waals surface area contributed by atoms with Crippen LogP contribution in [0.1, 0.15) is 33.3 Å². The molecule has 104 valence electrons. The van der Waals surface area contributed by atoms with Crippen LogP contribution in [0.2, 0.25) is 0 Å². The molecule has 3 rings (SSSR count). The molecule has 0 unspecified atom stereocenters. The van der Waals surface area contributed by atoms with Crippen LogP contribution in [0.15, 0.2) is 53.7 Å². The van der Waals surface area contributed by atoms with Crippen LogP contribution >= 0.6 is 0 Å². The fourth-order valence-corrected chi connectivity index (χ4v) is 2.46. The highest BCUT2D eigenvalue weighted by Gasteiger charge is 2.29. The van der Waals surface area contributed by atoms with Crippen molar-refractivity contribution >= 4 is 11.6 Å². The molecule has 1 heterocycles. The average Bonchev–Trinajstić information content (AvgIpc) is 2.51. The fraction of sp³-hybridized carbons (Fsp3) is 0.118. The van der Waals surface area contributed by atoms with Crippen LogP contribution in [0.25, 0.3) is 0 Å². The number of halogens is 1. The SMILES string of the molecule is CC1=C(Cc2ccc(F)cn2)C(=O)c2ccccc2C1=O. The second kappa shape index (κ2) is 5.05. The third-order valence-electron chi connectivity index (χ3n) is 3.63. The maximum absolute atomic E-state index is 12.9. The zero-order chi connectivity index (χ0) is 15.0. The van der Waals surface area contributed by atoms with Crippen molar-refractivity contribution in [2.75, 3.05) is 0 Å². The van der Waals surface area contributed by atoms with Gasteiger partial charge in [-0.05, 0) is 19.1 Å². The van der Waals surface area contributed by atoms with Gasteiger partial charge < -0.3 is 0 Å². The van der Waals surface area contributed by atoms with Gasteiger partial charge in [0.25, 0.3) is 0 Å². The monoisotopic (exact) mass is 281 g/mol. The number of allylic oxidation sites excluding steroid dienone is 2. The third-order valence-corrected chi connectivity index (χ3v) is 3.63. The molecule has 1 aliphatic rings. The average molecular weight is 281 g/mol. The zero-order valence-corrected chi connectivity index (χ0v) is 11.4. The first-order chi connectivity index (χ1) is 10.1. The van der Waals surface area contributed by atoms with Crippen molar-refractivity contribution in [3.05, 3.63) is 76.4 Å². The minimum absolute atomic E-state index is 0.137. The topological polar surface area (TPSA) is 47.0 Å². The predicted octanol–water partition coefficient (Wildman–Crippen LogP) is 3.16. The largest absolute Gasteiger partial charge is 0.289 e. The maximum atomic E-state index is 12.9. The van der Waals surface area contributed by atoms with Crippen molar-refractivity contribution in [3.63, 3.8) is 0 Å².